The highest BCUT2D eigenvalue weighted by atomic mass is 16.6. The average Bonchev–Trinajstić information content (AvgIpc) is 2.34. The van der Waals surface area contributed by atoms with Crippen molar-refractivity contribution in [3.05, 3.63) is 0 Å². The van der Waals surface area contributed by atoms with E-state index in [-0.39, 0.29) is 12.4 Å². The predicted molar refractivity (Wildman–Crippen MR) is 77.8 cm³/mol. The van der Waals surface area contributed by atoms with Crippen LogP contribution in [0.25, 0.3) is 0 Å². The molecule has 0 saturated heterocycles. The minimum atomic E-state index is -0.433. The predicted octanol–water partition coefficient (Wildman–Crippen LogP) is 2.57. The van der Waals surface area contributed by atoms with Crippen LogP contribution in [-0.2, 0) is 23.7 Å². The van der Waals surface area contributed by atoms with E-state index >= 15 is 0 Å². The minimum absolute atomic E-state index is 0.234. The largest absolute Gasteiger partial charge is 0.460 e. The molecule has 0 bridgehead atoms. The van der Waals surface area contributed by atoms with Gasteiger partial charge in [-0.05, 0) is 27.2 Å². The van der Waals surface area contributed by atoms with Crippen LogP contribution in [0.5, 0.6) is 0 Å². The molecular weight excluding hydrogens is 260 g/mol. The van der Waals surface area contributed by atoms with Crippen molar-refractivity contribution in [3.8, 4) is 0 Å². The van der Waals surface area contributed by atoms with Gasteiger partial charge in [0.25, 0.3) is 0 Å². The van der Waals surface area contributed by atoms with Crippen molar-refractivity contribution in [2.24, 2.45) is 0 Å². The third-order valence-electron chi connectivity index (χ3n) is 2.26. The first-order valence-electron chi connectivity index (χ1n) is 7.41. The topological polar surface area (TPSA) is 54.0 Å². The maximum atomic E-state index is 11.4. The van der Waals surface area contributed by atoms with Crippen molar-refractivity contribution >= 4 is 5.97 Å². The average molecular weight is 290 g/mol. The summed E-state index contributed by atoms with van der Waals surface area (Å²) >= 11 is 0. The lowest BCUT2D eigenvalue weighted by molar-refractivity contribution is -0.156. The van der Waals surface area contributed by atoms with Gasteiger partial charge < -0.3 is 18.9 Å². The van der Waals surface area contributed by atoms with Crippen LogP contribution in [0, 0.1) is 0 Å². The van der Waals surface area contributed by atoms with Crippen LogP contribution in [0.3, 0.4) is 0 Å². The van der Waals surface area contributed by atoms with E-state index in [0.717, 1.165) is 19.4 Å². The fraction of sp³-hybridized carbons (Fsp3) is 0.933. The number of carbonyl (C=O) groups is 1. The van der Waals surface area contributed by atoms with Crippen LogP contribution in [0.2, 0.25) is 0 Å². The Bertz CT molecular complexity index is 235. The minimum Gasteiger partial charge on any atom is -0.460 e. The summed E-state index contributed by atoms with van der Waals surface area (Å²) in [6, 6.07) is 0. The molecule has 0 fully saturated rings. The maximum absolute atomic E-state index is 11.4. The molecule has 5 nitrogen and oxygen atoms in total. The van der Waals surface area contributed by atoms with Crippen molar-refractivity contribution < 1.29 is 23.7 Å². The molecule has 0 saturated carbocycles. The fourth-order valence-corrected chi connectivity index (χ4v) is 1.34. The van der Waals surface area contributed by atoms with Crippen molar-refractivity contribution in [2.45, 2.75) is 52.6 Å². The lowest BCUT2D eigenvalue weighted by Gasteiger charge is -2.19. The summed E-state index contributed by atoms with van der Waals surface area (Å²) in [7, 11) is 0. The maximum Gasteiger partial charge on any atom is 0.308 e. The Morgan fingerprint density at radius 3 is 1.85 bits per heavy atom. The number of esters is 1. The standard InChI is InChI=1S/C15H30O5/c1-5-6-8-17-10-12-19-13-11-18-9-7-14(16)20-15(2,3)4/h5-13H2,1-4H3. The summed E-state index contributed by atoms with van der Waals surface area (Å²) in [4.78, 5) is 11.4. The monoisotopic (exact) mass is 290 g/mol. The van der Waals surface area contributed by atoms with E-state index in [1.807, 2.05) is 20.8 Å². The highest BCUT2D eigenvalue weighted by Crippen LogP contribution is 2.07. The van der Waals surface area contributed by atoms with E-state index in [1.54, 1.807) is 0 Å². The molecule has 0 radical (unpaired) electrons. The molecule has 0 N–H and O–H groups in total. The van der Waals surface area contributed by atoms with Gasteiger partial charge in [0.05, 0.1) is 39.5 Å². The van der Waals surface area contributed by atoms with Crippen LogP contribution in [0.1, 0.15) is 47.0 Å². The summed E-state index contributed by atoms with van der Waals surface area (Å²) < 4.78 is 21.1. The molecule has 0 aromatic carbocycles. The van der Waals surface area contributed by atoms with E-state index in [4.69, 9.17) is 18.9 Å². The summed E-state index contributed by atoms with van der Waals surface area (Å²) in [6.07, 6.45) is 2.51. The number of ether oxygens (including phenoxy) is 4. The van der Waals surface area contributed by atoms with Crippen molar-refractivity contribution in [2.75, 3.05) is 39.6 Å². The summed E-state index contributed by atoms with van der Waals surface area (Å²) in [5.74, 6) is -0.234. The Labute approximate surface area is 122 Å². The molecule has 0 aromatic rings. The van der Waals surface area contributed by atoms with E-state index in [1.165, 1.54) is 0 Å². The van der Waals surface area contributed by atoms with Gasteiger partial charge in [-0.3, -0.25) is 4.79 Å². The normalized spacial score (nSPS) is 11.6. The van der Waals surface area contributed by atoms with E-state index < -0.39 is 5.60 Å². The number of hydrogen-bond donors (Lipinski definition) is 0. The molecule has 0 rings (SSSR count). The van der Waals surface area contributed by atoms with Gasteiger partial charge >= 0.3 is 5.97 Å². The molecule has 0 aliphatic carbocycles. The molecule has 120 valence electrons. The van der Waals surface area contributed by atoms with Crippen LogP contribution in [0.15, 0.2) is 0 Å². The second-order valence-corrected chi connectivity index (χ2v) is 5.53. The zero-order chi connectivity index (χ0) is 15.3. The van der Waals surface area contributed by atoms with Gasteiger partial charge in [-0.2, -0.15) is 0 Å². The van der Waals surface area contributed by atoms with Crippen LogP contribution in [-0.4, -0.2) is 51.2 Å². The third kappa shape index (κ3) is 15.4. The van der Waals surface area contributed by atoms with Gasteiger partial charge in [0, 0.05) is 6.61 Å². The lowest BCUT2D eigenvalue weighted by atomic mass is 10.2. The molecular formula is C15H30O5. The SMILES string of the molecule is CCCCOCCOCCOCCC(=O)OC(C)(C)C. The number of rotatable bonds is 12. The Hall–Kier alpha value is -0.650. The zero-order valence-electron chi connectivity index (χ0n) is 13.4. The highest BCUT2D eigenvalue weighted by Gasteiger charge is 2.15. The van der Waals surface area contributed by atoms with Crippen molar-refractivity contribution in [3.63, 3.8) is 0 Å². The molecule has 0 aromatic heterocycles. The summed E-state index contributed by atoms with van der Waals surface area (Å²) in [5.41, 5.74) is -0.433. The van der Waals surface area contributed by atoms with Gasteiger partial charge in [0.1, 0.15) is 5.60 Å². The van der Waals surface area contributed by atoms with E-state index in [0.29, 0.717) is 33.0 Å². The van der Waals surface area contributed by atoms with Gasteiger partial charge in [0.15, 0.2) is 0 Å². The second kappa shape index (κ2) is 12.1. The lowest BCUT2D eigenvalue weighted by Crippen LogP contribution is -2.24. The Balaban J connectivity index is 3.19. The van der Waals surface area contributed by atoms with Crippen LogP contribution >= 0.6 is 0 Å². The van der Waals surface area contributed by atoms with E-state index in [9.17, 15) is 4.79 Å². The molecule has 0 amide bonds. The molecule has 0 unspecified atom stereocenters. The first kappa shape index (κ1) is 19.4. The first-order valence-corrected chi connectivity index (χ1v) is 7.41. The second-order valence-electron chi connectivity index (χ2n) is 5.53. The van der Waals surface area contributed by atoms with Gasteiger partial charge in [-0.15, -0.1) is 0 Å². The molecule has 0 spiro atoms. The number of hydrogen-bond acceptors (Lipinski definition) is 5. The molecule has 0 atom stereocenters. The highest BCUT2D eigenvalue weighted by molar-refractivity contribution is 5.69. The van der Waals surface area contributed by atoms with Crippen LogP contribution < -0.4 is 0 Å². The van der Waals surface area contributed by atoms with Gasteiger partial charge in [0.2, 0.25) is 0 Å². The van der Waals surface area contributed by atoms with Crippen molar-refractivity contribution in [1.82, 2.24) is 0 Å². The molecule has 5 heteroatoms. The third-order valence-corrected chi connectivity index (χ3v) is 2.26. The molecule has 20 heavy (non-hydrogen) atoms. The zero-order valence-corrected chi connectivity index (χ0v) is 13.4. The fourth-order valence-electron chi connectivity index (χ4n) is 1.34. The molecule has 0 aliphatic rings. The van der Waals surface area contributed by atoms with Gasteiger partial charge in [-0.25, -0.2) is 0 Å². The smallest absolute Gasteiger partial charge is 0.308 e. The van der Waals surface area contributed by atoms with Crippen molar-refractivity contribution in [1.29, 1.82) is 0 Å². The number of carbonyl (C=O) groups excluding carboxylic acids is 1. The summed E-state index contributed by atoms with van der Waals surface area (Å²) in [6.45, 7) is 11.1. The first-order chi connectivity index (χ1) is 9.45. The Morgan fingerprint density at radius 1 is 0.850 bits per heavy atom. The van der Waals surface area contributed by atoms with E-state index in [2.05, 4.69) is 6.92 Å². The summed E-state index contributed by atoms with van der Waals surface area (Å²) in [5, 5.41) is 0. The van der Waals surface area contributed by atoms with Gasteiger partial charge in [-0.1, -0.05) is 13.3 Å². The molecule has 0 aliphatic heterocycles. The Kier molecular flexibility index (Phi) is 11.7. The number of unbranched alkanes of at least 4 members (excludes halogenated alkanes) is 1. The van der Waals surface area contributed by atoms with Crippen LogP contribution in [0.4, 0.5) is 0 Å². The quantitative estimate of drug-likeness (QED) is 0.408. The Morgan fingerprint density at radius 2 is 1.35 bits per heavy atom. The molecule has 0 heterocycles.